The van der Waals surface area contributed by atoms with Gasteiger partial charge in [0.1, 0.15) is 0 Å². The number of nitrogens with zero attached hydrogens (tertiary/aromatic N) is 2. The van der Waals surface area contributed by atoms with Crippen molar-refractivity contribution in [1.29, 1.82) is 0 Å². The predicted octanol–water partition coefficient (Wildman–Crippen LogP) is 4.99. The number of aryl methyl sites for hydroxylation is 1. The monoisotopic (exact) mass is 367 g/mol. The maximum Gasteiger partial charge on any atom is 0.209 e. The molecular formula is C21H22ClN3O. The lowest BCUT2D eigenvalue weighted by atomic mass is 10.1. The molecular weight excluding hydrogens is 346 g/mol. The summed E-state index contributed by atoms with van der Waals surface area (Å²) >= 11 is 5.97. The zero-order valence-electron chi connectivity index (χ0n) is 14.8. The molecule has 0 amide bonds. The lowest BCUT2D eigenvalue weighted by Gasteiger charge is -2.16. The highest BCUT2D eigenvalue weighted by atomic mass is 35.5. The summed E-state index contributed by atoms with van der Waals surface area (Å²) < 4.78 is 6.04. The molecule has 4 nitrogen and oxygen atoms in total. The van der Waals surface area contributed by atoms with E-state index in [0.717, 1.165) is 54.0 Å². The molecule has 1 N–H and O–H groups in total. The molecule has 2 aromatic carbocycles. The van der Waals surface area contributed by atoms with Gasteiger partial charge >= 0.3 is 0 Å². The van der Waals surface area contributed by atoms with Crippen LogP contribution in [0.3, 0.4) is 0 Å². The zero-order chi connectivity index (χ0) is 17.9. The first-order valence-corrected chi connectivity index (χ1v) is 9.31. The number of rotatable bonds is 5. The number of hydrogen-bond acceptors (Lipinski definition) is 4. The van der Waals surface area contributed by atoms with Crippen molar-refractivity contribution in [3.63, 3.8) is 0 Å². The van der Waals surface area contributed by atoms with Crippen LogP contribution in [0.15, 0.2) is 59.0 Å². The molecule has 0 aliphatic carbocycles. The molecule has 1 atom stereocenters. The van der Waals surface area contributed by atoms with Crippen molar-refractivity contribution in [1.82, 2.24) is 9.88 Å². The Morgan fingerprint density at radius 1 is 1.15 bits per heavy atom. The number of nitrogens with one attached hydrogen (secondary N) is 1. The van der Waals surface area contributed by atoms with Crippen molar-refractivity contribution in [2.45, 2.75) is 25.9 Å². The summed E-state index contributed by atoms with van der Waals surface area (Å²) in [6, 6.07) is 18.5. The van der Waals surface area contributed by atoms with Crippen LogP contribution >= 0.6 is 11.6 Å². The Bertz CT molecular complexity index is 861. The SMILES string of the molecule is Cc1nc(CN2CCC(Nc3ccccc3)C2)oc1-c1ccc(Cl)cc1. The molecule has 1 unspecified atom stereocenters. The Morgan fingerprint density at radius 3 is 2.69 bits per heavy atom. The Labute approximate surface area is 158 Å². The van der Waals surface area contributed by atoms with E-state index < -0.39 is 0 Å². The molecule has 1 fully saturated rings. The molecule has 0 bridgehead atoms. The predicted molar refractivity (Wildman–Crippen MR) is 105 cm³/mol. The van der Waals surface area contributed by atoms with Crippen LogP contribution in [0.4, 0.5) is 5.69 Å². The molecule has 26 heavy (non-hydrogen) atoms. The van der Waals surface area contributed by atoms with Gasteiger partial charge in [-0.1, -0.05) is 29.8 Å². The first-order chi connectivity index (χ1) is 12.7. The van der Waals surface area contributed by atoms with Crippen LogP contribution in [-0.4, -0.2) is 29.0 Å². The van der Waals surface area contributed by atoms with E-state index in [2.05, 4.69) is 39.5 Å². The van der Waals surface area contributed by atoms with Crippen molar-refractivity contribution in [2.75, 3.05) is 18.4 Å². The molecule has 5 heteroatoms. The number of halogens is 1. The third-order valence-electron chi connectivity index (χ3n) is 4.72. The summed E-state index contributed by atoms with van der Waals surface area (Å²) in [5.41, 5.74) is 3.10. The summed E-state index contributed by atoms with van der Waals surface area (Å²) in [7, 11) is 0. The van der Waals surface area contributed by atoms with E-state index in [-0.39, 0.29) is 0 Å². The lowest BCUT2D eigenvalue weighted by molar-refractivity contribution is 0.290. The molecule has 4 rings (SSSR count). The molecule has 0 spiro atoms. The zero-order valence-corrected chi connectivity index (χ0v) is 15.5. The number of benzene rings is 2. The average molecular weight is 368 g/mol. The van der Waals surface area contributed by atoms with E-state index in [1.165, 1.54) is 5.69 Å². The maximum atomic E-state index is 6.04. The van der Waals surface area contributed by atoms with Gasteiger partial charge < -0.3 is 9.73 Å². The van der Waals surface area contributed by atoms with Crippen LogP contribution in [0.1, 0.15) is 18.0 Å². The molecule has 1 aromatic heterocycles. The van der Waals surface area contributed by atoms with Crippen LogP contribution in [0.2, 0.25) is 5.02 Å². The van der Waals surface area contributed by atoms with E-state index >= 15 is 0 Å². The third kappa shape index (κ3) is 3.92. The molecule has 0 radical (unpaired) electrons. The van der Waals surface area contributed by atoms with Gasteiger partial charge in [-0.15, -0.1) is 0 Å². The number of aromatic nitrogens is 1. The Kier molecular flexibility index (Phi) is 4.96. The van der Waals surface area contributed by atoms with Crippen molar-refractivity contribution in [3.8, 4) is 11.3 Å². The smallest absolute Gasteiger partial charge is 0.209 e. The summed E-state index contributed by atoms with van der Waals surface area (Å²) in [5, 5.41) is 4.32. The topological polar surface area (TPSA) is 41.3 Å². The van der Waals surface area contributed by atoms with Gasteiger partial charge in [-0.25, -0.2) is 4.98 Å². The van der Waals surface area contributed by atoms with Crippen molar-refractivity contribution in [2.24, 2.45) is 0 Å². The largest absolute Gasteiger partial charge is 0.439 e. The van der Waals surface area contributed by atoms with Gasteiger partial charge in [0.2, 0.25) is 5.89 Å². The Morgan fingerprint density at radius 2 is 1.92 bits per heavy atom. The van der Waals surface area contributed by atoms with Gasteiger partial charge in [-0.2, -0.15) is 0 Å². The fourth-order valence-electron chi connectivity index (χ4n) is 3.44. The van der Waals surface area contributed by atoms with Gasteiger partial charge in [-0.05, 0) is 49.7 Å². The number of oxazole rings is 1. The summed E-state index contributed by atoms with van der Waals surface area (Å²) in [6.07, 6.45) is 1.12. The highest BCUT2D eigenvalue weighted by Gasteiger charge is 2.24. The standard InChI is InChI=1S/C21H22ClN3O/c1-15-21(16-7-9-17(22)10-8-16)26-20(23-15)14-25-12-11-19(13-25)24-18-5-3-2-4-6-18/h2-10,19,24H,11-14H2,1H3. The highest BCUT2D eigenvalue weighted by molar-refractivity contribution is 6.30. The molecule has 0 saturated carbocycles. The van der Waals surface area contributed by atoms with Gasteiger partial charge in [-0.3, -0.25) is 4.90 Å². The van der Waals surface area contributed by atoms with E-state index in [0.29, 0.717) is 6.04 Å². The molecule has 3 aromatic rings. The van der Waals surface area contributed by atoms with Gasteiger partial charge in [0.15, 0.2) is 5.76 Å². The normalized spacial score (nSPS) is 17.5. The molecule has 1 aliphatic rings. The van der Waals surface area contributed by atoms with Crippen molar-refractivity contribution < 1.29 is 4.42 Å². The minimum absolute atomic E-state index is 0.462. The number of likely N-dealkylation sites (tertiary alicyclic amines) is 1. The minimum Gasteiger partial charge on any atom is -0.439 e. The first-order valence-electron chi connectivity index (χ1n) is 8.93. The average Bonchev–Trinajstić information content (AvgIpc) is 3.23. The number of para-hydroxylation sites is 1. The van der Waals surface area contributed by atoms with Crippen molar-refractivity contribution >= 4 is 17.3 Å². The fraction of sp³-hybridized carbons (Fsp3) is 0.286. The molecule has 134 valence electrons. The highest BCUT2D eigenvalue weighted by Crippen LogP contribution is 2.27. The van der Waals surface area contributed by atoms with Crippen molar-refractivity contribution in [3.05, 3.63) is 71.2 Å². The van der Waals surface area contributed by atoms with Crippen LogP contribution < -0.4 is 5.32 Å². The fourth-order valence-corrected chi connectivity index (χ4v) is 3.57. The molecule has 1 saturated heterocycles. The van der Waals surface area contributed by atoms with E-state index in [1.54, 1.807) is 0 Å². The number of hydrogen-bond donors (Lipinski definition) is 1. The molecule has 2 heterocycles. The lowest BCUT2D eigenvalue weighted by Crippen LogP contribution is -2.26. The summed E-state index contributed by atoms with van der Waals surface area (Å²) in [6.45, 7) is 4.76. The second-order valence-electron chi connectivity index (χ2n) is 6.76. The second-order valence-corrected chi connectivity index (χ2v) is 7.20. The number of anilines is 1. The third-order valence-corrected chi connectivity index (χ3v) is 4.98. The summed E-state index contributed by atoms with van der Waals surface area (Å²) in [4.78, 5) is 7.01. The maximum absolute atomic E-state index is 6.04. The summed E-state index contributed by atoms with van der Waals surface area (Å²) in [5.74, 6) is 1.60. The Hall–Kier alpha value is -2.30. The quantitative estimate of drug-likeness (QED) is 0.689. The van der Waals surface area contributed by atoms with Gasteiger partial charge in [0.25, 0.3) is 0 Å². The van der Waals surface area contributed by atoms with Crippen LogP contribution in [0, 0.1) is 6.92 Å². The van der Waals surface area contributed by atoms with Gasteiger partial charge in [0, 0.05) is 35.4 Å². The van der Waals surface area contributed by atoms with E-state index in [9.17, 15) is 0 Å². The van der Waals surface area contributed by atoms with Crippen LogP contribution in [-0.2, 0) is 6.54 Å². The van der Waals surface area contributed by atoms with Crippen LogP contribution in [0.5, 0.6) is 0 Å². The first kappa shape index (κ1) is 17.1. The van der Waals surface area contributed by atoms with Gasteiger partial charge in [0.05, 0.1) is 12.2 Å². The van der Waals surface area contributed by atoms with E-state index in [4.69, 9.17) is 16.0 Å². The molecule has 1 aliphatic heterocycles. The Balaban J connectivity index is 1.39. The van der Waals surface area contributed by atoms with Crippen LogP contribution in [0.25, 0.3) is 11.3 Å². The second kappa shape index (κ2) is 7.52. The van der Waals surface area contributed by atoms with E-state index in [1.807, 2.05) is 37.3 Å². The minimum atomic E-state index is 0.462.